The second kappa shape index (κ2) is 10.6. The highest BCUT2D eigenvalue weighted by atomic mass is 35.5. The van der Waals surface area contributed by atoms with Crippen molar-refractivity contribution in [3.8, 4) is 0 Å². The third-order valence-corrected chi connectivity index (χ3v) is 6.96. The standard InChI is InChI=1S/C27H30N2OS.ClH/c1-4-28(20-21-12-6-5-7-13-21)18-19-31-26(30)29-24-16-10-8-14-22(24)27(2,3)23-15-9-11-17-25(23)29;/h5-17H,4,18-20H2,1-3H3;1H. The van der Waals surface area contributed by atoms with Crippen LogP contribution in [-0.2, 0) is 12.0 Å². The zero-order chi connectivity index (χ0) is 21.8. The minimum atomic E-state index is -0.136. The van der Waals surface area contributed by atoms with Crippen molar-refractivity contribution in [2.45, 2.75) is 32.7 Å². The molecule has 1 aliphatic rings. The van der Waals surface area contributed by atoms with Gasteiger partial charge in [0.05, 0.1) is 11.4 Å². The second-order valence-corrected chi connectivity index (χ2v) is 9.51. The summed E-state index contributed by atoms with van der Waals surface area (Å²) in [5, 5.41) is 0.0890. The molecule has 5 heteroatoms. The summed E-state index contributed by atoms with van der Waals surface area (Å²) in [6.07, 6.45) is 0. The number of hydrogen-bond acceptors (Lipinski definition) is 3. The second-order valence-electron chi connectivity index (χ2n) is 8.46. The Labute approximate surface area is 202 Å². The molecule has 3 aromatic carbocycles. The van der Waals surface area contributed by atoms with E-state index in [4.69, 9.17) is 0 Å². The number of benzene rings is 3. The van der Waals surface area contributed by atoms with Crippen LogP contribution >= 0.6 is 24.2 Å². The number of thioether (sulfide) groups is 1. The molecule has 4 rings (SSSR count). The molecule has 168 valence electrons. The number of fused-ring (bicyclic) bond motifs is 2. The molecule has 0 saturated heterocycles. The van der Waals surface area contributed by atoms with Crippen LogP contribution in [0.25, 0.3) is 0 Å². The average Bonchev–Trinajstić information content (AvgIpc) is 2.79. The van der Waals surface area contributed by atoms with Crippen LogP contribution < -0.4 is 4.90 Å². The molecule has 0 radical (unpaired) electrons. The van der Waals surface area contributed by atoms with E-state index in [0.29, 0.717) is 0 Å². The van der Waals surface area contributed by atoms with E-state index >= 15 is 0 Å². The molecule has 0 saturated carbocycles. The number of para-hydroxylation sites is 2. The summed E-state index contributed by atoms with van der Waals surface area (Å²) in [6, 6.07) is 27.1. The number of carbonyl (C=O) groups excluding carboxylic acids is 1. The molecule has 0 aromatic heterocycles. The molecule has 0 aliphatic carbocycles. The van der Waals surface area contributed by atoms with E-state index < -0.39 is 0 Å². The zero-order valence-electron chi connectivity index (χ0n) is 19.0. The fourth-order valence-electron chi connectivity index (χ4n) is 4.38. The summed E-state index contributed by atoms with van der Waals surface area (Å²) in [4.78, 5) is 17.7. The lowest BCUT2D eigenvalue weighted by Gasteiger charge is -2.40. The number of nitrogens with zero attached hydrogens (tertiary/aromatic N) is 2. The third-order valence-electron chi connectivity index (χ3n) is 6.15. The lowest BCUT2D eigenvalue weighted by molar-refractivity contribution is 0.266. The van der Waals surface area contributed by atoms with Crippen LogP contribution in [0.4, 0.5) is 16.2 Å². The Kier molecular flexibility index (Phi) is 8.05. The van der Waals surface area contributed by atoms with Gasteiger partial charge in [0.2, 0.25) is 0 Å². The molecule has 0 spiro atoms. The Morgan fingerprint density at radius 3 is 1.97 bits per heavy atom. The van der Waals surface area contributed by atoms with Crippen molar-refractivity contribution in [3.63, 3.8) is 0 Å². The van der Waals surface area contributed by atoms with Crippen molar-refractivity contribution in [1.82, 2.24) is 4.90 Å². The van der Waals surface area contributed by atoms with E-state index in [1.54, 1.807) is 0 Å². The topological polar surface area (TPSA) is 23.6 Å². The van der Waals surface area contributed by atoms with Crippen molar-refractivity contribution in [3.05, 3.63) is 95.6 Å². The van der Waals surface area contributed by atoms with Gasteiger partial charge in [0.15, 0.2) is 0 Å². The molecule has 3 aromatic rings. The molecular weight excluding hydrogens is 436 g/mol. The van der Waals surface area contributed by atoms with E-state index in [-0.39, 0.29) is 23.1 Å². The van der Waals surface area contributed by atoms with Gasteiger partial charge in [-0.25, -0.2) is 0 Å². The molecule has 0 atom stereocenters. The molecule has 1 heterocycles. The number of amides is 1. The Morgan fingerprint density at radius 2 is 1.41 bits per heavy atom. The molecule has 0 N–H and O–H groups in total. The maximum Gasteiger partial charge on any atom is 0.290 e. The minimum absolute atomic E-state index is 0. The smallest absolute Gasteiger partial charge is 0.290 e. The van der Waals surface area contributed by atoms with E-state index in [9.17, 15) is 4.79 Å². The molecular formula is C27H31ClN2OS. The average molecular weight is 467 g/mol. The first-order chi connectivity index (χ1) is 15.0. The molecule has 32 heavy (non-hydrogen) atoms. The summed E-state index contributed by atoms with van der Waals surface area (Å²) < 4.78 is 0. The van der Waals surface area contributed by atoms with Crippen LogP contribution in [0.2, 0.25) is 0 Å². The molecule has 3 nitrogen and oxygen atoms in total. The van der Waals surface area contributed by atoms with Gasteiger partial charge >= 0.3 is 0 Å². The van der Waals surface area contributed by atoms with Gasteiger partial charge < -0.3 is 0 Å². The first-order valence-corrected chi connectivity index (χ1v) is 11.9. The van der Waals surface area contributed by atoms with Gasteiger partial charge in [0.1, 0.15) is 0 Å². The first-order valence-electron chi connectivity index (χ1n) is 10.9. The summed E-state index contributed by atoms with van der Waals surface area (Å²) in [5.74, 6) is 0.768. The Balaban J connectivity index is 0.00000289. The van der Waals surface area contributed by atoms with Crippen molar-refractivity contribution in [1.29, 1.82) is 0 Å². The van der Waals surface area contributed by atoms with Crippen molar-refractivity contribution < 1.29 is 4.79 Å². The Hall–Kier alpha value is -2.27. The highest BCUT2D eigenvalue weighted by molar-refractivity contribution is 8.13. The van der Waals surface area contributed by atoms with Gasteiger partial charge in [-0.3, -0.25) is 14.6 Å². The molecule has 0 unspecified atom stereocenters. The minimum Gasteiger partial charge on any atom is -0.299 e. The summed E-state index contributed by atoms with van der Waals surface area (Å²) in [6.45, 7) is 9.41. The molecule has 1 amide bonds. The first kappa shape index (κ1) is 24.4. The summed E-state index contributed by atoms with van der Waals surface area (Å²) in [7, 11) is 0. The Morgan fingerprint density at radius 1 is 0.875 bits per heavy atom. The lowest BCUT2D eigenvalue weighted by Crippen LogP contribution is -2.35. The third kappa shape index (κ3) is 4.88. The van der Waals surface area contributed by atoms with Crippen molar-refractivity contribution in [2.24, 2.45) is 0 Å². The van der Waals surface area contributed by atoms with Gasteiger partial charge in [0, 0.05) is 24.3 Å². The van der Waals surface area contributed by atoms with Crippen LogP contribution in [0.3, 0.4) is 0 Å². The van der Waals surface area contributed by atoms with Gasteiger partial charge in [-0.2, -0.15) is 0 Å². The fraction of sp³-hybridized carbons (Fsp3) is 0.296. The largest absolute Gasteiger partial charge is 0.299 e. The van der Waals surface area contributed by atoms with Gasteiger partial charge in [-0.05, 0) is 35.4 Å². The van der Waals surface area contributed by atoms with Crippen LogP contribution in [0.1, 0.15) is 37.5 Å². The monoisotopic (exact) mass is 466 g/mol. The maximum atomic E-state index is 13.4. The quantitative estimate of drug-likeness (QED) is 0.382. The van der Waals surface area contributed by atoms with Gasteiger partial charge in [0.25, 0.3) is 5.24 Å². The van der Waals surface area contributed by atoms with Crippen molar-refractivity contribution >= 4 is 40.8 Å². The molecule has 0 fully saturated rings. The van der Waals surface area contributed by atoms with E-state index in [2.05, 4.69) is 86.3 Å². The van der Waals surface area contributed by atoms with Crippen LogP contribution in [0.15, 0.2) is 78.9 Å². The maximum absolute atomic E-state index is 13.4. The number of carbonyl (C=O) groups is 1. The number of rotatable bonds is 6. The van der Waals surface area contributed by atoms with Crippen molar-refractivity contribution in [2.75, 3.05) is 23.7 Å². The number of anilines is 2. The highest BCUT2D eigenvalue weighted by Gasteiger charge is 2.38. The lowest BCUT2D eigenvalue weighted by atomic mass is 9.74. The highest BCUT2D eigenvalue weighted by Crippen LogP contribution is 2.49. The van der Waals surface area contributed by atoms with Crippen LogP contribution in [0, 0.1) is 0 Å². The SMILES string of the molecule is CCN(CCSC(=O)N1c2ccccc2C(C)(C)c2ccccc21)Cc1ccccc1.Cl. The fourth-order valence-corrected chi connectivity index (χ4v) is 5.23. The van der Waals surface area contributed by atoms with Gasteiger partial charge in [-0.15, -0.1) is 12.4 Å². The predicted octanol–water partition coefficient (Wildman–Crippen LogP) is 7.26. The number of hydrogen-bond donors (Lipinski definition) is 0. The zero-order valence-corrected chi connectivity index (χ0v) is 20.6. The van der Waals surface area contributed by atoms with E-state index in [0.717, 1.165) is 36.8 Å². The summed E-state index contributed by atoms with van der Waals surface area (Å²) in [5.41, 5.74) is 5.56. The normalized spacial score (nSPS) is 13.8. The predicted molar refractivity (Wildman–Crippen MR) is 140 cm³/mol. The van der Waals surface area contributed by atoms with Crippen LogP contribution in [0.5, 0.6) is 0 Å². The van der Waals surface area contributed by atoms with E-state index in [1.807, 2.05) is 23.1 Å². The Bertz CT molecular complexity index is 1000. The summed E-state index contributed by atoms with van der Waals surface area (Å²) >= 11 is 1.41. The van der Waals surface area contributed by atoms with E-state index in [1.165, 1.54) is 28.5 Å². The van der Waals surface area contributed by atoms with Gasteiger partial charge in [-0.1, -0.05) is 99.3 Å². The number of halogens is 1. The van der Waals surface area contributed by atoms with Crippen LogP contribution in [-0.4, -0.2) is 29.0 Å². The molecule has 0 bridgehead atoms. The molecule has 1 aliphatic heterocycles.